The van der Waals surface area contributed by atoms with E-state index in [2.05, 4.69) is 26.1 Å². The second kappa shape index (κ2) is 4.10. The zero-order valence-corrected chi connectivity index (χ0v) is 8.06. The molecule has 2 unspecified atom stereocenters. The molecule has 1 aliphatic rings. The molecule has 0 aromatic carbocycles. The molecule has 0 amide bonds. The Balaban J connectivity index is 1.96. The van der Waals surface area contributed by atoms with Gasteiger partial charge in [-0.05, 0) is 43.7 Å². The molecular weight excluding hydrogens is 134 g/mol. The first-order valence-corrected chi connectivity index (χ1v) is 4.96. The summed E-state index contributed by atoms with van der Waals surface area (Å²) in [5, 5.41) is 3.38. The first-order valence-electron chi connectivity index (χ1n) is 4.96. The van der Waals surface area contributed by atoms with Gasteiger partial charge in [-0.2, -0.15) is 0 Å². The predicted molar refractivity (Wildman–Crippen MR) is 49.6 cm³/mol. The van der Waals surface area contributed by atoms with Crippen molar-refractivity contribution in [2.24, 2.45) is 17.8 Å². The lowest BCUT2D eigenvalue weighted by atomic mass is 10.1. The van der Waals surface area contributed by atoms with Crippen molar-refractivity contribution < 1.29 is 0 Å². The Labute approximate surface area is 70.6 Å². The number of rotatable bonds is 5. The van der Waals surface area contributed by atoms with E-state index >= 15 is 0 Å². The molecule has 0 radical (unpaired) electrons. The van der Waals surface area contributed by atoms with Gasteiger partial charge in [0.2, 0.25) is 0 Å². The molecule has 1 rings (SSSR count). The highest BCUT2D eigenvalue weighted by Gasteiger charge is 2.37. The van der Waals surface area contributed by atoms with Crippen LogP contribution < -0.4 is 5.32 Å². The van der Waals surface area contributed by atoms with Gasteiger partial charge in [0.15, 0.2) is 0 Å². The van der Waals surface area contributed by atoms with Crippen molar-refractivity contribution in [2.45, 2.75) is 33.6 Å². The third kappa shape index (κ3) is 2.82. The third-order valence-corrected chi connectivity index (χ3v) is 2.78. The molecule has 1 heteroatoms. The molecule has 1 N–H and O–H groups in total. The van der Waals surface area contributed by atoms with E-state index in [9.17, 15) is 0 Å². The SMILES string of the molecule is CCNCCC1CC1C(C)C. The standard InChI is InChI=1S/C10H21N/c1-4-11-6-5-9-7-10(9)8(2)3/h8-11H,4-7H2,1-3H3. The summed E-state index contributed by atoms with van der Waals surface area (Å²) in [6, 6.07) is 0. The van der Waals surface area contributed by atoms with Crippen molar-refractivity contribution in [1.29, 1.82) is 0 Å². The third-order valence-electron chi connectivity index (χ3n) is 2.78. The molecule has 1 aliphatic carbocycles. The van der Waals surface area contributed by atoms with Crippen LogP contribution in [0, 0.1) is 17.8 Å². The Morgan fingerprint density at radius 3 is 2.64 bits per heavy atom. The van der Waals surface area contributed by atoms with E-state index in [0.717, 1.165) is 24.3 Å². The van der Waals surface area contributed by atoms with Crippen molar-refractivity contribution in [3.8, 4) is 0 Å². The van der Waals surface area contributed by atoms with Crippen molar-refractivity contribution in [1.82, 2.24) is 5.32 Å². The van der Waals surface area contributed by atoms with Gasteiger partial charge in [0.1, 0.15) is 0 Å². The highest BCUT2D eigenvalue weighted by atomic mass is 14.8. The minimum atomic E-state index is 0.918. The topological polar surface area (TPSA) is 12.0 Å². The maximum Gasteiger partial charge on any atom is -0.00463 e. The Kier molecular flexibility index (Phi) is 3.38. The number of nitrogens with one attached hydrogen (secondary N) is 1. The van der Waals surface area contributed by atoms with Crippen LogP contribution in [0.3, 0.4) is 0 Å². The second-order valence-electron chi connectivity index (χ2n) is 4.05. The molecule has 1 saturated carbocycles. The van der Waals surface area contributed by atoms with E-state index in [0.29, 0.717) is 0 Å². The summed E-state index contributed by atoms with van der Waals surface area (Å²) < 4.78 is 0. The minimum Gasteiger partial charge on any atom is -0.317 e. The first-order chi connectivity index (χ1) is 5.25. The Morgan fingerprint density at radius 2 is 2.18 bits per heavy atom. The molecule has 0 aliphatic heterocycles. The zero-order chi connectivity index (χ0) is 8.27. The van der Waals surface area contributed by atoms with Crippen LogP contribution in [0.4, 0.5) is 0 Å². The molecule has 0 spiro atoms. The Morgan fingerprint density at radius 1 is 1.45 bits per heavy atom. The van der Waals surface area contributed by atoms with Gasteiger partial charge in [-0.25, -0.2) is 0 Å². The summed E-state index contributed by atoms with van der Waals surface area (Å²) in [6.07, 6.45) is 2.89. The fourth-order valence-corrected chi connectivity index (χ4v) is 1.88. The second-order valence-corrected chi connectivity index (χ2v) is 4.05. The van der Waals surface area contributed by atoms with Gasteiger partial charge in [-0.1, -0.05) is 20.8 Å². The van der Waals surface area contributed by atoms with Crippen LogP contribution in [0.25, 0.3) is 0 Å². The van der Waals surface area contributed by atoms with E-state index in [1.807, 2.05) is 0 Å². The average Bonchev–Trinajstić information content (AvgIpc) is 2.68. The maximum absolute atomic E-state index is 3.38. The van der Waals surface area contributed by atoms with E-state index in [4.69, 9.17) is 0 Å². The van der Waals surface area contributed by atoms with E-state index in [-0.39, 0.29) is 0 Å². The molecule has 0 aromatic rings. The summed E-state index contributed by atoms with van der Waals surface area (Å²) in [7, 11) is 0. The van der Waals surface area contributed by atoms with Gasteiger partial charge in [-0.15, -0.1) is 0 Å². The Bertz CT molecular complexity index is 109. The van der Waals surface area contributed by atoms with Crippen molar-refractivity contribution in [2.75, 3.05) is 13.1 Å². The molecular formula is C10H21N. The molecule has 11 heavy (non-hydrogen) atoms. The predicted octanol–water partition coefficient (Wildman–Crippen LogP) is 2.28. The number of hydrogen-bond donors (Lipinski definition) is 1. The molecule has 0 heterocycles. The minimum absolute atomic E-state index is 0.918. The molecule has 1 nitrogen and oxygen atoms in total. The summed E-state index contributed by atoms with van der Waals surface area (Å²) in [4.78, 5) is 0. The van der Waals surface area contributed by atoms with Crippen LogP contribution in [-0.4, -0.2) is 13.1 Å². The summed E-state index contributed by atoms with van der Waals surface area (Å²) in [6.45, 7) is 9.21. The summed E-state index contributed by atoms with van der Waals surface area (Å²) in [5.41, 5.74) is 0. The monoisotopic (exact) mass is 155 g/mol. The highest BCUT2D eigenvalue weighted by molar-refractivity contribution is 4.88. The van der Waals surface area contributed by atoms with Crippen LogP contribution in [-0.2, 0) is 0 Å². The van der Waals surface area contributed by atoms with Gasteiger partial charge in [0.05, 0.1) is 0 Å². The lowest BCUT2D eigenvalue weighted by Crippen LogP contribution is -2.14. The largest absolute Gasteiger partial charge is 0.317 e. The molecule has 0 aromatic heterocycles. The van der Waals surface area contributed by atoms with E-state index in [1.165, 1.54) is 19.4 Å². The fraction of sp³-hybridized carbons (Fsp3) is 1.00. The molecule has 2 atom stereocenters. The van der Waals surface area contributed by atoms with Crippen LogP contribution >= 0.6 is 0 Å². The van der Waals surface area contributed by atoms with Gasteiger partial charge in [0, 0.05) is 0 Å². The van der Waals surface area contributed by atoms with E-state index < -0.39 is 0 Å². The van der Waals surface area contributed by atoms with Gasteiger partial charge in [-0.3, -0.25) is 0 Å². The van der Waals surface area contributed by atoms with E-state index in [1.54, 1.807) is 0 Å². The normalized spacial score (nSPS) is 29.5. The first kappa shape index (κ1) is 9.05. The van der Waals surface area contributed by atoms with Crippen LogP contribution in [0.5, 0.6) is 0 Å². The van der Waals surface area contributed by atoms with Gasteiger partial charge >= 0.3 is 0 Å². The summed E-state index contributed by atoms with van der Waals surface area (Å²) in [5.74, 6) is 3.02. The summed E-state index contributed by atoms with van der Waals surface area (Å²) >= 11 is 0. The van der Waals surface area contributed by atoms with Crippen LogP contribution in [0.1, 0.15) is 33.6 Å². The smallest absolute Gasteiger partial charge is 0.00463 e. The van der Waals surface area contributed by atoms with Crippen molar-refractivity contribution in [3.05, 3.63) is 0 Å². The van der Waals surface area contributed by atoms with Gasteiger partial charge in [0.25, 0.3) is 0 Å². The van der Waals surface area contributed by atoms with Crippen molar-refractivity contribution >= 4 is 0 Å². The highest BCUT2D eigenvalue weighted by Crippen LogP contribution is 2.45. The molecule has 0 bridgehead atoms. The zero-order valence-electron chi connectivity index (χ0n) is 8.06. The quantitative estimate of drug-likeness (QED) is 0.601. The van der Waals surface area contributed by atoms with Crippen LogP contribution in [0.2, 0.25) is 0 Å². The van der Waals surface area contributed by atoms with Gasteiger partial charge < -0.3 is 5.32 Å². The molecule has 1 fully saturated rings. The lowest BCUT2D eigenvalue weighted by Gasteiger charge is -2.03. The average molecular weight is 155 g/mol. The number of hydrogen-bond acceptors (Lipinski definition) is 1. The van der Waals surface area contributed by atoms with Crippen molar-refractivity contribution in [3.63, 3.8) is 0 Å². The Hall–Kier alpha value is -0.0400. The molecule has 0 saturated heterocycles. The van der Waals surface area contributed by atoms with Crippen LogP contribution in [0.15, 0.2) is 0 Å². The fourth-order valence-electron chi connectivity index (χ4n) is 1.88. The lowest BCUT2D eigenvalue weighted by molar-refractivity contribution is 0.494. The molecule has 66 valence electrons. The maximum atomic E-state index is 3.38.